The van der Waals surface area contributed by atoms with Crippen LogP contribution in [0.3, 0.4) is 0 Å². The molecule has 0 spiro atoms. The summed E-state index contributed by atoms with van der Waals surface area (Å²) in [6.45, 7) is 8.42. The van der Waals surface area contributed by atoms with Crippen molar-refractivity contribution in [3.63, 3.8) is 0 Å². The van der Waals surface area contributed by atoms with E-state index in [9.17, 15) is 0 Å². The van der Waals surface area contributed by atoms with Crippen LogP contribution in [0.1, 0.15) is 25.0 Å². The number of hydrogen-bond donors (Lipinski definition) is 2. The van der Waals surface area contributed by atoms with Crippen LogP contribution in [0.5, 0.6) is 0 Å². The van der Waals surface area contributed by atoms with Crippen LogP contribution in [0.4, 0.5) is 11.4 Å². The van der Waals surface area contributed by atoms with E-state index < -0.39 is 0 Å². The normalized spacial score (nSPS) is 10.5. The van der Waals surface area contributed by atoms with E-state index in [0.29, 0.717) is 6.04 Å². The maximum atomic E-state index is 5.73. The van der Waals surface area contributed by atoms with E-state index in [1.165, 1.54) is 16.8 Å². The minimum absolute atomic E-state index is 0.459. The molecule has 0 unspecified atom stereocenters. The van der Waals surface area contributed by atoms with Gasteiger partial charge < -0.3 is 11.1 Å². The van der Waals surface area contributed by atoms with E-state index >= 15 is 0 Å². The monoisotopic (exact) mass is 178 g/mol. The van der Waals surface area contributed by atoms with Crippen molar-refractivity contribution in [2.24, 2.45) is 0 Å². The zero-order valence-electron chi connectivity index (χ0n) is 8.81. The number of anilines is 2. The Morgan fingerprint density at radius 1 is 1.15 bits per heavy atom. The van der Waals surface area contributed by atoms with Gasteiger partial charge in [0.15, 0.2) is 0 Å². The third-order valence-electron chi connectivity index (χ3n) is 1.99. The zero-order chi connectivity index (χ0) is 10.0. The molecule has 1 aromatic carbocycles. The van der Waals surface area contributed by atoms with Crippen LogP contribution in [0.25, 0.3) is 0 Å². The van der Waals surface area contributed by atoms with E-state index in [4.69, 9.17) is 5.73 Å². The van der Waals surface area contributed by atoms with Gasteiger partial charge in [0.1, 0.15) is 0 Å². The molecule has 1 rings (SSSR count). The molecule has 0 saturated carbocycles. The third kappa shape index (κ3) is 2.38. The van der Waals surface area contributed by atoms with E-state index in [2.05, 4.69) is 33.0 Å². The number of nitrogens with two attached hydrogens (primary N) is 1. The number of nitrogens with one attached hydrogen (secondary N) is 1. The lowest BCUT2D eigenvalue weighted by Gasteiger charge is -2.16. The van der Waals surface area contributed by atoms with Crippen LogP contribution in [0.15, 0.2) is 12.1 Å². The molecule has 1 aromatic rings. The van der Waals surface area contributed by atoms with Gasteiger partial charge in [0.05, 0.1) is 0 Å². The van der Waals surface area contributed by atoms with Crippen molar-refractivity contribution in [1.29, 1.82) is 0 Å². The highest BCUT2D eigenvalue weighted by Gasteiger charge is 2.04. The lowest BCUT2D eigenvalue weighted by molar-refractivity contribution is 0.895. The van der Waals surface area contributed by atoms with Gasteiger partial charge in [-0.05, 0) is 51.0 Å². The Balaban J connectivity index is 3.06. The van der Waals surface area contributed by atoms with Crippen molar-refractivity contribution in [3.05, 3.63) is 23.3 Å². The molecule has 0 amide bonds. The molecule has 13 heavy (non-hydrogen) atoms. The Hall–Kier alpha value is -1.18. The maximum absolute atomic E-state index is 5.73. The van der Waals surface area contributed by atoms with E-state index in [-0.39, 0.29) is 0 Å². The molecule has 3 N–H and O–H groups in total. The average molecular weight is 178 g/mol. The molecule has 0 heterocycles. The van der Waals surface area contributed by atoms with Gasteiger partial charge >= 0.3 is 0 Å². The van der Waals surface area contributed by atoms with E-state index in [1.807, 2.05) is 12.1 Å². The second-order valence-corrected chi connectivity index (χ2v) is 3.83. The average Bonchev–Trinajstić information content (AvgIpc) is 1.96. The molecular formula is C11H18N2. The largest absolute Gasteiger partial charge is 0.399 e. The molecule has 72 valence electrons. The quantitative estimate of drug-likeness (QED) is 0.683. The third-order valence-corrected chi connectivity index (χ3v) is 1.99. The minimum atomic E-state index is 0.459. The molecular weight excluding hydrogens is 160 g/mol. The van der Waals surface area contributed by atoms with Crippen molar-refractivity contribution in [1.82, 2.24) is 0 Å². The number of benzene rings is 1. The van der Waals surface area contributed by atoms with Crippen molar-refractivity contribution in [3.8, 4) is 0 Å². The molecule has 0 saturated heterocycles. The highest BCUT2D eigenvalue weighted by atomic mass is 14.9. The van der Waals surface area contributed by atoms with Crippen molar-refractivity contribution < 1.29 is 0 Å². The number of aryl methyl sites for hydroxylation is 2. The number of rotatable bonds is 2. The summed E-state index contributed by atoms with van der Waals surface area (Å²) in [4.78, 5) is 0. The summed E-state index contributed by atoms with van der Waals surface area (Å²) in [7, 11) is 0. The SMILES string of the molecule is Cc1cc(N)cc(C)c1NC(C)C. The summed E-state index contributed by atoms with van der Waals surface area (Å²) in [6.07, 6.45) is 0. The predicted octanol–water partition coefficient (Wildman–Crippen LogP) is 2.71. The summed E-state index contributed by atoms with van der Waals surface area (Å²) in [5.74, 6) is 0. The highest BCUT2D eigenvalue weighted by molar-refractivity contribution is 5.63. The lowest BCUT2D eigenvalue weighted by atomic mass is 10.1. The molecule has 0 aromatic heterocycles. The molecule has 2 heteroatoms. The second kappa shape index (κ2) is 3.69. The standard InChI is InChI=1S/C11H18N2/c1-7(2)13-11-8(3)5-10(12)6-9(11)4/h5-7,13H,12H2,1-4H3. The molecule has 0 aliphatic rings. The highest BCUT2D eigenvalue weighted by Crippen LogP contribution is 2.23. The molecule has 0 bridgehead atoms. The first-order valence-electron chi connectivity index (χ1n) is 4.64. The first-order valence-corrected chi connectivity index (χ1v) is 4.64. The Bertz CT molecular complexity index is 280. The van der Waals surface area contributed by atoms with Gasteiger partial charge in [-0.25, -0.2) is 0 Å². The molecule has 0 aliphatic carbocycles. The topological polar surface area (TPSA) is 38.0 Å². The van der Waals surface area contributed by atoms with Crippen molar-refractivity contribution in [2.45, 2.75) is 33.7 Å². The summed E-state index contributed by atoms with van der Waals surface area (Å²) < 4.78 is 0. The van der Waals surface area contributed by atoms with Gasteiger partial charge in [0.2, 0.25) is 0 Å². The Morgan fingerprint density at radius 2 is 1.62 bits per heavy atom. The molecule has 2 nitrogen and oxygen atoms in total. The number of nitrogen functional groups attached to an aromatic ring is 1. The van der Waals surface area contributed by atoms with Gasteiger partial charge in [-0.1, -0.05) is 0 Å². The van der Waals surface area contributed by atoms with Gasteiger partial charge in [-0.15, -0.1) is 0 Å². The fourth-order valence-electron chi connectivity index (χ4n) is 1.51. The van der Waals surface area contributed by atoms with Crippen LogP contribution in [0, 0.1) is 13.8 Å². The molecule has 0 atom stereocenters. The fraction of sp³-hybridized carbons (Fsp3) is 0.455. The molecule has 0 aliphatic heterocycles. The smallest absolute Gasteiger partial charge is 0.0403 e. The minimum Gasteiger partial charge on any atom is -0.399 e. The summed E-state index contributed by atoms with van der Waals surface area (Å²) in [6, 6.07) is 4.45. The summed E-state index contributed by atoms with van der Waals surface area (Å²) in [5.41, 5.74) is 10.2. The predicted molar refractivity (Wildman–Crippen MR) is 59.1 cm³/mol. The molecule has 0 radical (unpaired) electrons. The summed E-state index contributed by atoms with van der Waals surface area (Å²) in [5, 5.41) is 3.41. The maximum Gasteiger partial charge on any atom is 0.0403 e. The first-order chi connectivity index (χ1) is 6.00. The van der Waals surface area contributed by atoms with Crippen molar-refractivity contribution >= 4 is 11.4 Å². The Morgan fingerprint density at radius 3 is 2.00 bits per heavy atom. The van der Waals surface area contributed by atoms with Crippen LogP contribution < -0.4 is 11.1 Å². The number of hydrogen-bond acceptors (Lipinski definition) is 2. The van der Waals surface area contributed by atoms with E-state index in [0.717, 1.165) is 5.69 Å². The van der Waals surface area contributed by atoms with Crippen LogP contribution >= 0.6 is 0 Å². The lowest BCUT2D eigenvalue weighted by Crippen LogP contribution is -2.12. The van der Waals surface area contributed by atoms with Gasteiger partial charge in [0.25, 0.3) is 0 Å². The van der Waals surface area contributed by atoms with Gasteiger partial charge in [0, 0.05) is 17.4 Å². The van der Waals surface area contributed by atoms with Gasteiger partial charge in [-0.2, -0.15) is 0 Å². The van der Waals surface area contributed by atoms with Crippen LogP contribution in [-0.4, -0.2) is 6.04 Å². The second-order valence-electron chi connectivity index (χ2n) is 3.83. The van der Waals surface area contributed by atoms with Gasteiger partial charge in [-0.3, -0.25) is 0 Å². The zero-order valence-corrected chi connectivity index (χ0v) is 8.81. The van der Waals surface area contributed by atoms with Crippen molar-refractivity contribution in [2.75, 3.05) is 11.1 Å². The van der Waals surface area contributed by atoms with Crippen LogP contribution in [0.2, 0.25) is 0 Å². The van der Waals surface area contributed by atoms with Crippen LogP contribution in [-0.2, 0) is 0 Å². The molecule has 0 fully saturated rings. The first kappa shape index (κ1) is 9.90. The Kier molecular flexibility index (Phi) is 2.81. The Labute approximate surface area is 80.1 Å². The van der Waals surface area contributed by atoms with E-state index in [1.54, 1.807) is 0 Å². The fourth-order valence-corrected chi connectivity index (χ4v) is 1.51. The summed E-state index contributed by atoms with van der Waals surface area (Å²) >= 11 is 0.